The second-order valence-electron chi connectivity index (χ2n) is 6.89. The first-order chi connectivity index (χ1) is 14.8. The Balaban J connectivity index is 1.73. The zero-order valence-electron chi connectivity index (χ0n) is 16.0. The highest BCUT2D eigenvalue weighted by molar-refractivity contribution is 5.94. The number of nitrogens with one attached hydrogen (secondary N) is 1. The first-order valence-electron chi connectivity index (χ1n) is 9.29. The molecule has 0 unspecified atom stereocenters. The molecule has 3 heterocycles. The molecule has 0 spiro atoms. The van der Waals surface area contributed by atoms with Crippen LogP contribution in [-0.4, -0.2) is 25.5 Å². The predicted molar refractivity (Wildman–Crippen MR) is 107 cm³/mol. The number of benzene rings is 1. The minimum Gasteiger partial charge on any atom is -0.384 e. The number of carbonyl (C=O) groups is 1. The van der Waals surface area contributed by atoms with E-state index in [1.165, 1.54) is 28.8 Å². The summed E-state index contributed by atoms with van der Waals surface area (Å²) in [5.41, 5.74) is 6.09. The van der Waals surface area contributed by atoms with E-state index in [1.54, 1.807) is 0 Å². The molecule has 1 amide bonds. The second-order valence-corrected chi connectivity index (χ2v) is 6.89. The molecule has 1 aromatic carbocycles. The molecule has 158 valence electrons. The minimum atomic E-state index is -4.52. The van der Waals surface area contributed by atoms with Crippen LogP contribution >= 0.6 is 0 Å². The summed E-state index contributed by atoms with van der Waals surface area (Å²) in [5, 5.41) is 10.9. The van der Waals surface area contributed by atoms with Crippen molar-refractivity contribution in [1.82, 2.24) is 24.9 Å². The fourth-order valence-electron chi connectivity index (χ4n) is 3.15. The fourth-order valence-corrected chi connectivity index (χ4v) is 3.15. The maximum absolute atomic E-state index is 13.2. The van der Waals surface area contributed by atoms with Crippen molar-refractivity contribution in [3.63, 3.8) is 0 Å². The molecule has 10 heteroatoms. The van der Waals surface area contributed by atoms with Gasteiger partial charge in [0.1, 0.15) is 5.82 Å². The number of halogens is 3. The number of nitrogens with zero attached hydrogens (tertiary/aromatic N) is 4. The molecule has 0 saturated carbocycles. The average molecular weight is 426 g/mol. The van der Waals surface area contributed by atoms with E-state index in [4.69, 9.17) is 5.73 Å². The van der Waals surface area contributed by atoms with Crippen molar-refractivity contribution in [2.45, 2.75) is 18.6 Å². The van der Waals surface area contributed by atoms with Crippen molar-refractivity contribution in [3.8, 4) is 0 Å². The van der Waals surface area contributed by atoms with Crippen molar-refractivity contribution in [2.24, 2.45) is 0 Å². The largest absolute Gasteiger partial charge is 0.417 e. The van der Waals surface area contributed by atoms with Crippen LogP contribution in [0.1, 0.15) is 33.4 Å². The van der Waals surface area contributed by atoms with Crippen LogP contribution in [0.25, 0.3) is 5.65 Å². The monoisotopic (exact) mass is 426 g/mol. The zero-order valence-corrected chi connectivity index (χ0v) is 16.0. The molecule has 4 aromatic rings. The number of hydrogen-bond donors (Lipinski definition) is 2. The van der Waals surface area contributed by atoms with Crippen molar-refractivity contribution >= 4 is 17.4 Å². The molecule has 0 aliphatic carbocycles. The number of fused-ring (bicyclic) bond motifs is 1. The van der Waals surface area contributed by atoms with Crippen LogP contribution in [0, 0.1) is 0 Å². The molecule has 1 atom stereocenters. The lowest BCUT2D eigenvalue weighted by atomic mass is 10.0. The number of aromatic nitrogens is 4. The Hall–Kier alpha value is -3.95. The van der Waals surface area contributed by atoms with Crippen LogP contribution < -0.4 is 11.1 Å². The number of carbonyl (C=O) groups excluding carboxylic acids is 1. The molecule has 31 heavy (non-hydrogen) atoms. The summed E-state index contributed by atoms with van der Waals surface area (Å²) in [4.78, 5) is 16.7. The van der Waals surface area contributed by atoms with Gasteiger partial charge in [0, 0.05) is 12.4 Å². The number of rotatable bonds is 5. The van der Waals surface area contributed by atoms with Gasteiger partial charge in [0.2, 0.25) is 0 Å². The molecular formula is C21H17F3N6O. The van der Waals surface area contributed by atoms with Crippen molar-refractivity contribution < 1.29 is 18.0 Å². The smallest absolute Gasteiger partial charge is 0.384 e. The Morgan fingerprint density at radius 1 is 1.06 bits per heavy atom. The normalized spacial score (nSPS) is 12.6. The van der Waals surface area contributed by atoms with Crippen LogP contribution in [0.3, 0.4) is 0 Å². The second kappa shape index (κ2) is 8.05. The van der Waals surface area contributed by atoms with Gasteiger partial charge in [-0.05, 0) is 36.2 Å². The van der Waals surface area contributed by atoms with Gasteiger partial charge in [-0.2, -0.15) is 13.2 Å². The summed E-state index contributed by atoms with van der Waals surface area (Å²) in [6.07, 6.45) is -1.97. The molecule has 7 nitrogen and oxygen atoms in total. The molecule has 0 aliphatic heterocycles. The third kappa shape index (κ3) is 4.47. The van der Waals surface area contributed by atoms with E-state index in [1.807, 2.05) is 30.3 Å². The van der Waals surface area contributed by atoms with Gasteiger partial charge in [0.05, 0.1) is 17.2 Å². The first-order valence-corrected chi connectivity index (χ1v) is 9.29. The molecule has 4 rings (SSSR count). The molecular weight excluding hydrogens is 409 g/mol. The van der Waals surface area contributed by atoms with Gasteiger partial charge in [-0.1, -0.05) is 30.3 Å². The number of anilines is 1. The SMILES string of the molecule is Nc1ccc(C(=O)N[C@H](Cc2ccccc2)c2nnc3ccc(C(F)(F)F)cn23)cn1. The Morgan fingerprint density at radius 2 is 1.84 bits per heavy atom. The predicted octanol–water partition coefficient (Wildman–Crippen LogP) is 3.44. The summed E-state index contributed by atoms with van der Waals surface area (Å²) < 4.78 is 40.9. The molecule has 0 fully saturated rings. The van der Waals surface area contributed by atoms with Crippen molar-refractivity contribution in [2.75, 3.05) is 5.73 Å². The average Bonchev–Trinajstić information content (AvgIpc) is 3.17. The summed E-state index contributed by atoms with van der Waals surface area (Å²) in [5.74, 6) is -0.0145. The topological polar surface area (TPSA) is 98.2 Å². The lowest BCUT2D eigenvalue weighted by Crippen LogP contribution is -2.31. The van der Waals surface area contributed by atoms with Crippen molar-refractivity contribution in [3.05, 3.63) is 89.5 Å². The number of amides is 1. The molecule has 0 bridgehead atoms. The Labute approximate surface area is 174 Å². The Morgan fingerprint density at radius 3 is 2.52 bits per heavy atom. The zero-order chi connectivity index (χ0) is 22.0. The lowest BCUT2D eigenvalue weighted by Gasteiger charge is -2.18. The van der Waals surface area contributed by atoms with Crippen LogP contribution in [0.4, 0.5) is 19.0 Å². The molecule has 0 aliphatic rings. The standard InChI is InChI=1S/C21H17F3N6O/c22-21(23,24)15-7-9-18-28-29-19(30(18)12-15)16(10-13-4-2-1-3-5-13)27-20(31)14-6-8-17(25)26-11-14/h1-9,11-12,16H,10H2,(H2,25,26)(H,27,31)/t16-/m1/s1. The lowest BCUT2D eigenvalue weighted by molar-refractivity contribution is -0.137. The number of hydrogen-bond acceptors (Lipinski definition) is 5. The highest BCUT2D eigenvalue weighted by Gasteiger charge is 2.32. The first kappa shape index (κ1) is 20.3. The van der Waals surface area contributed by atoms with E-state index < -0.39 is 23.7 Å². The number of nitrogen functional groups attached to an aromatic ring is 1. The van der Waals surface area contributed by atoms with Crippen LogP contribution in [-0.2, 0) is 12.6 Å². The molecule has 3 N–H and O–H groups in total. The summed E-state index contributed by atoms with van der Waals surface area (Å²) in [6.45, 7) is 0. The number of alkyl halides is 3. The van der Waals surface area contributed by atoms with Gasteiger partial charge in [0.25, 0.3) is 5.91 Å². The van der Waals surface area contributed by atoms with Gasteiger partial charge < -0.3 is 11.1 Å². The van der Waals surface area contributed by atoms with E-state index in [9.17, 15) is 18.0 Å². The Kier molecular flexibility index (Phi) is 5.28. The summed E-state index contributed by atoms with van der Waals surface area (Å²) >= 11 is 0. The highest BCUT2D eigenvalue weighted by atomic mass is 19.4. The quantitative estimate of drug-likeness (QED) is 0.510. The van der Waals surface area contributed by atoms with Gasteiger partial charge in [0.15, 0.2) is 11.5 Å². The fraction of sp³-hybridized carbons (Fsp3) is 0.143. The molecule has 3 aromatic heterocycles. The van der Waals surface area contributed by atoms with E-state index in [2.05, 4.69) is 20.5 Å². The van der Waals surface area contributed by atoms with E-state index in [0.29, 0.717) is 6.42 Å². The van der Waals surface area contributed by atoms with Crippen molar-refractivity contribution in [1.29, 1.82) is 0 Å². The maximum Gasteiger partial charge on any atom is 0.417 e. The number of nitrogens with two attached hydrogens (primary N) is 1. The molecule has 0 radical (unpaired) electrons. The van der Waals surface area contributed by atoms with Gasteiger partial charge >= 0.3 is 6.18 Å². The third-order valence-electron chi connectivity index (χ3n) is 4.70. The summed E-state index contributed by atoms with van der Waals surface area (Å²) in [6, 6.07) is 13.7. The maximum atomic E-state index is 13.2. The Bertz CT molecular complexity index is 1210. The van der Waals surface area contributed by atoms with Crippen LogP contribution in [0.5, 0.6) is 0 Å². The van der Waals surface area contributed by atoms with E-state index in [-0.39, 0.29) is 22.9 Å². The van der Waals surface area contributed by atoms with Gasteiger partial charge in [-0.3, -0.25) is 9.20 Å². The van der Waals surface area contributed by atoms with Crippen LogP contribution in [0.2, 0.25) is 0 Å². The minimum absolute atomic E-state index is 0.182. The van der Waals surface area contributed by atoms with Gasteiger partial charge in [-0.25, -0.2) is 4.98 Å². The van der Waals surface area contributed by atoms with Crippen LogP contribution in [0.15, 0.2) is 67.0 Å². The number of pyridine rings is 2. The third-order valence-corrected chi connectivity index (χ3v) is 4.70. The molecule has 0 saturated heterocycles. The summed E-state index contributed by atoms with van der Waals surface area (Å²) in [7, 11) is 0. The van der Waals surface area contributed by atoms with Gasteiger partial charge in [-0.15, -0.1) is 10.2 Å². The van der Waals surface area contributed by atoms with E-state index in [0.717, 1.165) is 17.8 Å². The van der Waals surface area contributed by atoms with E-state index >= 15 is 0 Å². The highest BCUT2D eigenvalue weighted by Crippen LogP contribution is 2.30.